The molecular formula is C17H21FN4O2. The number of nitrogens with one attached hydrogen (secondary N) is 1. The summed E-state index contributed by atoms with van der Waals surface area (Å²) in [4.78, 5) is 17.9. The number of ether oxygens (including phenoxy) is 1. The third-order valence-electron chi connectivity index (χ3n) is 4.01. The quantitative estimate of drug-likeness (QED) is 0.877. The summed E-state index contributed by atoms with van der Waals surface area (Å²) in [7, 11) is 0. The largest absolute Gasteiger partial charge is 0.472 e. The second-order valence-corrected chi connectivity index (χ2v) is 7.00. The van der Waals surface area contributed by atoms with Crippen LogP contribution in [-0.4, -0.2) is 45.2 Å². The first-order chi connectivity index (χ1) is 11.3. The molecule has 1 aliphatic rings. The Hall–Kier alpha value is -2.44. The summed E-state index contributed by atoms with van der Waals surface area (Å²) < 4.78 is 18.8. The Kier molecular flexibility index (Phi) is 4.26. The molecule has 0 bridgehead atoms. The number of aromatic nitrogens is 3. The maximum absolute atomic E-state index is 13.1. The Labute approximate surface area is 140 Å². The van der Waals surface area contributed by atoms with Crippen LogP contribution < -0.4 is 4.74 Å². The third-order valence-corrected chi connectivity index (χ3v) is 4.01. The fraction of sp³-hybridized carbons (Fsp3) is 0.471. The van der Waals surface area contributed by atoms with Crippen LogP contribution >= 0.6 is 0 Å². The average molecular weight is 332 g/mol. The van der Waals surface area contributed by atoms with Gasteiger partial charge in [0.05, 0.1) is 6.54 Å². The molecule has 1 amide bonds. The van der Waals surface area contributed by atoms with Crippen LogP contribution in [0.5, 0.6) is 5.88 Å². The van der Waals surface area contributed by atoms with Gasteiger partial charge in [-0.3, -0.25) is 9.89 Å². The summed E-state index contributed by atoms with van der Waals surface area (Å²) in [5.41, 5.74) is 1.23. The molecule has 7 heteroatoms. The van der Waals surface area contributed by atoms with Gasteiger partial charge in [-0.25, -0.2) is 0 Å². The summed E-state index contributed by atoms with van der Waals surface area (Å²) in [5, 5.41) is 7.06. The molecule has 1 atom stereocenters. The lowest BCUT2D eigenvalue weighted by Crippen LogP contribution is -2.31. The van der Waals surface area contributed by atoms with Crippen molar-refractivity contribution in [1.29, 1.82) is 0 Å². The molecule has 6 nitrogen and oxygen atoms in total. The first kappa shape index (κ1) is 16.4. The monoisotopic (exact) mass is 332 g/mol. The van der Waals surface area contributed by atoms with Crippen LogP contribution in [0.4, 0.5) is 4.39 Å². The minimum atomic E-state index is -0.579. The third kappa shape index (κ3) is 3.55. The molecule has 2 aromatic heterocycles. The molecule has 0 aromatic carbocycles. The molecular weight excluding hydrogens is 311 g/mol. The molecule has 3 rings (SSSR count). The van der Waals surface area contributed by atoms with Crippen molar-refractivity contribution in [1.82, 2.24) is 20.1 Å². The van der Waals surface area contributed by atoms with Crippen molar-refractivity contribution in [2.24, 2.45) is 0 Å². The predicted molar refractivity (Wildman–Crippen MR) is 86.4 cm³/mol. The van der Waals surface area contributed by atoms with E-state index in [4.69, 9.17) is 4.74 Å². The van der Waals surface area contributed by atoms with E-state index < -0.39 is 5.95 Å². The van der Waals surface area contributed by atoms with Crippen molar-refractivity contribution in [2.45, 2.75) is 38.7 Å². The number of halogens is 1. The van der Waals surface area contributed by atoms with E-state index in [1.165, 1.54) is 6.07 Å². The number of amides is 1. The van der Waals surface area contributed by atoms with Gasteiger partial charge < -0.3 is 9.64 Å². The number of H-pyrrole nitrogens is 1. The highest BCUT2D eigenvalue weighted by Crippen LogP contribution is 2.22. The van der Waals surface area contributed by atoms with Gasteiger partial charge in [0.25, 0.3) is 5.91 Å². The first-order valence-corrected chi connectivity index (χ1v) is 7.97. The Morgan fingerprint density at radius 1 is 1.42 bits per heavy atom. The van der Waals surface area contributed by atoms with E-state index in [2.05, 4.69) is 36.0 Å². The summed E-state index contributed by atoms with van der Waals surface area (Å²) in [6.07, 6.45) is 0.491. The maximum Gasteiger partial charge on any atom is 0.274 e. The van der Waals surface area contributed by atoms with Crippen LogP contribution in [0.15, 0.2) is 24.3 Å². The van der Waals surface area contributed by atoms with Crippen LogP contribution in [0.2, 0.25) is 0 Å². The highest BCUT2D eigenvalue weighted by molar-refractivity contribution is 5.92. The molecule has 2 aromatic rings. The molecule has 0 saturated carbocycles. The molecule has 1 fully saturated rings. The lowest BCUT2D eigenvalue weighted by Gasteiger charge is -2.16. The molecule has 1 saturated heterocycles. The zero-order valence-corrected chi connectivity index (χ0v) is 14.0. The Morgan fingerprint density at radius 2 is 2.21 bits per heavy atom. The summed E-state index contributed by atoms with van der Waals surface area (Å²) in [6.45, 7) is 7.19. The number of nitrogens with zero attached hydrogens (tertiary/aromatic N) is 3. The smallest absolute Gasteiger partial charge is 0.274 e. The zero-order valence-electron chi connectivity index (χ0n) is 14.0. The van der Waals surface area contributed by atoms with Gasteiger partial charge in [0.2, 0.25) is 11.8 Å². The van der Waals surface area contributed by atoms with Crippen molar-refractivity contribution in [3.05, 3.63) is 41.6 Å². The van der Waals surface area contributed by atoms with Gasteiger partial charge in [-0.15, -0.1) is 0 Å². The molecule has 128 valence electrons. The summed E-state index contributed by atoms with van der Waals surface area (Å²) >= 11 is 0. The van der Waals surface area contributed by atoms with Gasteiger partial charge in [-0.05, 0) is 12.1 Å². The van der Waals surface area contributed by atoms with E-state index in [1.807, 2.05) is 0 Å². The normalized spacial score (nSPS) is 18.0. The second-order valence-electron chi connectivity index (χ2n) is 7.00. The van der Waals surface area contributed by atoms with Gasteiger partial charge in [-0.2, -0.15) is 14.5 Å². The Morgan fingerprint density at radius 3 is 2.88 bits per heavy atom. The summed E-state index contributed by atoms with van der Waals surface area (Å²) in [5.74, 6) is -0.464. The SMILES string of the molecule is CC(C)(C)c1cc(C(=O)N2CCC(Oc3cccc(F)n3)C2)n[nH]1. The van der Waals surface area contributed by atoms with Crippen LogP contribution in [0.3, 0.4) is 0 Å². The highest BCUT2D eigenvalue weighted by atomic mass is 19.1. The standard InChI is InChI=1S/C17H21FN4O2/c1-17(2,3)13-9-12(20-21-13)16(23)22-8-7-11(10-22)24-15-6-4-5-14(18)19-15/h4-6,9,11H,7-8,10H2,1-3H3,(H,20,21). The van der Waals surface area contributed by atoms with Crippen LogP contribution in [0, 0.1) is 5.95 Å². The van der Waals surface area contributed by atoms with E-state index in [1.54, 1.807) is 23.1 Å². The van der Waals surface area contributed by atoms with Crippen molar-refractivity contribution in [3.63, 3.8) is 0 Å². The van der Waals surface area contributed by atoms with Crippen molar-refractivity contribution in [2.75, 3.05) is 13.1 Å². The molecule has 1 N–H and O–H groups in total. The van der Waals surface area contributed by atoms with E-state index in [-0.39, 0.29) is 23.3 Å². The van der Waals surface area contributed by atoms with E-state index in [9.17, 15) is 9.18 Å². The van der Waals surface area contributed by atoms with Gasteiger partial charge >= 0.3 is 0 Å². The second kappa shape index (κ2) is 6.22. The van der Waals surface area contributed by atoms with Crippen molar-refractivity contribution in [3.8, 4) is 5.88 Å². The highest BCUT2D eigenvalue weighted by Gasteiger charge is 2.30. The van der Waals surface area contributed by atoms with Crippen LogP contribution in [0.25, 0.3) is 0 Å². The number of hydrogen-bond acceptors (Lipinski definition) is 4. The Balaban J connectivity index is 1.63. The van der Waals surface area contributed by atoms with Gasteiger partial charge in [0.1, 0.15) is 11.8 Å². The summed E-state index contributed by atoms with van der Waals surface area (Å²) in [6, 6.07) is 6.22. The maximum atomic E-state index is 13.1. The number of carbonyl (C=O) groups excluding carboxylic acids is 1. The minimum Gasteiger partial charge on any atom is -0.472 e. The lowest BCUT2D eigenvalue weighted by atomic mass is 9.92. The fourth-order valence-electron chi connectivity index (χ4n) is 2.61. The number of aromatic amines is 1. The van der Waals surface area contributed by atoms with Crippen LogP contribution in [0.1, 0.15) is 43.4 Å². The van der Waals surface area contributed by atoms with Gasteiger partial charge in [0.15, 0.2) is 0 Å². The molecule has 1 aliphatic heterocycles. The topological polar surface area (TPSA) is 71.1 Å². The zero-order chi connectivity index (χ0) is 17.3. The molecule has 0 aliphatic carbocycles. The number of likely N-dealkylation sites (tertiary alicyclic amines) is 1. The minimum absolute atomic E-state index is 0.0920. The van der Waals surface area contributed by atoms with E-state index in [0.29, 0.717) is 25.2 Å². The van der Waals surface area contributed by atoms with E-state index in [0.717, 1.165) is 5.69 Å². The molecule has 24 heavy (non-hydrogen) atoms. The fourth-order valence-corrected chi connectivity index (χ4v) is 2.61. The molecule has 1 unspecified atom stereocenters. The van der Waals surface area contributed by atoms with Crippen LogP contribution in [-0.2, 0) is 5.41 Å². The number of pyridine rings is 1. The van der Waals surface area contributed by atoms with Crippen molar-refractivity contribution >= 4 is 5.91 Å². The van der Waals surface area contributed by atoms with Crippen molar-refractivity contribution < 1.29 is 13.9 Å². The average Bonchev–Trinajstić information content (AvgIpc) is 3.15. The first-order valence-electron chi connectivity index (χ1n) is 7.97. The van der Waals surface area contributed by atoms with Gasteiger partial charge in [0, 0.05) is 30.1 Å². The molecule has 3 heterocycles. The number of hydrogen-bond donors (Lipinski definition) is 1. The predicted octanol–water partition coefficient (Wildman–Crippen LogP) is 2.53. The van der Waals surface area contributed by atoms with Gasteiger partial charge in [-0.1, -0.05) is 26.8 Å². The number of carbonyl (C=O) groups is 1. The molecule has 0 spiro atoms. The lowest BCUT2D eigenvalue weighted by molar-refractivity contribution is 0.0765. The van der Waals surface area contributed by atoms with E-state index >= 15 is 0 Å². The number of rotatable bonds is 3. The Bertz CT molecular complexity index is 738. The molecule has 0 radical (unpaired) electrons.